The number of ether oxygens (including phenoxy) is 1. The molecule has 4 heteroatoms. The highest BCUT2D eigenvalue weighted by Gasteiger charge is 2.41. The Morgan fingerprint density at radius 2 is 2.18 bits per heavy atom. The molecule has 0 radical (unpaired) electrons. The molecule has 118 valence electrons. The van der Waals surface area contributed by atoms with Crippen LogP contribution in [-0.2, 0) is 18.6 Å². The third-order valence-electron chi connectivity index (χ3n) is 4.54. The zero-order chi connectivity index (χ0) is 15.9. The van der Waals surface area contributed by atoms with E-state index in [1.807, 2.05) is 22.9 Å². The molecular formula is C18H24N2O2. The second kappa shape index (κ2) is 5.43. The Hall–Kier alpha value is -1.81. The molecule has 2 aromatic rings. The topological polar surface area (TPSA) is 47.3 Å². The maximum atomic E-state index is 11.4. The molecule has 1 aromatic heterocycles. The Morgan fingerprint density at radius 3 is 2.86 bits per heavy atom. The van der Waals surface area contributed by atoms with E-state index >= 15 is 0 Å². The molecule has 1 aliphatic rings. The Bertz CT molecular complexity index is 690. The number of aryl methyl sites for hydroxylation is 1. The summed E-state index contributed by atoms with van der Waals surface area (Å²) in [6, 6.07) is 5.95. The van der Waals surface area contributed by atoms with Crippen molar-refractivity contribution in [3.05, 3.63) is 46.8 Å². The smallest absolute Gasteiger partial charge is 0.132 e. The highest BCUT2D eigenvalue weighted by atomic mass is 16.5. The lowest BCUT2D eigenvalue weighted by atomic mass is 9.91. The summed E-state index contributed by atoms with van der Waals surface area (Å²) in [5, 5.41) is 15.8. The van der Waals surface area contributed by atoms with Crippen LogP contribution in [0.15, 0.2) is 24.4 Å². The van der Waals surface area contributed by atoms with E-state index in [0.717, 1.165) is 30.0 Å². The van der Waals surface area contributed by atoms with Gasteiger partial charge in [0.2, 0.25) is 0 Å². The number of nitrogens with zero attached hydrogens (tertiary/aromatic N) is 2. The lowest BCUT2D eigenvalue weighted by Gasteiger charge is -2.26. The number of hydrogen-bond acceptors (Lipinski definition) is 3. The van der Waals surface area contributed by atoms with Gasteiger partial charge >= 0.3 is 0 Å². The van der Waals surface area contributed by atoms with Crippen LogP contribution in [0, 0.1) is 12.8 Å². The SMILES string of the molecule is COc1cc(C)c2c(c1)C(O)(c1ccnn1CC(C)C)CC2. The molecule has 0 saturated carbocycles. The summed E-state index contributed by atoms with van der Waals surface area (Å²) in [6.45, 7) is 7.21. The molecule has 1 atom stereocenters. The number of aliphatic hydroxyl groups is 1. The van der Waals surface area contributed by atoms with Gasteiger partial charge in [-0.1, -0.05) is 13.8 Å². The Labute approximate surface area is 131 Å². The lowest BCUT2D eigenvalue weighted by molar-refractivity contribution is 0.0717. The van der Waals surface area contributed by atoms with Gasteiger partial charge in [-0.3, -0.25) is 4.68 Å². The largest absolute Gasteiger partial charge is 0.497 e. The van der Waals surface area contributed by atoms with Crippen LogP contribution in [0.1, 0.15) is 42.7 Å². The van der Waals surface area contributed by atoms with Crippen LogP contribution in [0.5, 0.6) is 5.75 Å². The average molecular weight is 300 g/mol. The molecule has 0 fully saturated rings. The Balaban J connectivity index is 2.11. The van der Waals surface area contributed by atoms with Gasteiger partial charge in [-0.05, 0) is 60.6 Å². The summed E-state index contributed by atoms with van der Waals surface area (Å²) < 4.78 is 7.33. The van der Waals surface area contributed by atoms with Gasteiger partial charge in [-0.2, -0.15) is 5.10 Å². The van der Waals surface area contributed by atoms with Crippen molar-refractivity contribution in [1.29, 1.82) is 0 Å². The predicted octanol–water partition coefficient (Wildman–Crippen LogP) is 3.04. The maximum absolute atomic E-state index is 11.4. The van der Waals surface area contributed by atoms with E-state index in [0.29, 0.717) is 12.3 Å². The van der Waals surface area contributed by atoms with Crippen molar-refractivity contribution in [3.8, 4) is 5.75 Å². The molecule has 0 aliphatic heterocycles. The fraction of sp³-hybridized carbons (Fsp3) is 0.500. The number of aromatic nitrogens is 2. The summed E-state index contributed by atoms with van der Waals surface area (Å²) in [5.74, 6) is 1.28. The molecule has 0 saturated heterocycles. The van der Waals surface area contributed by atoms with E-state index in [1.165, 1.54) is 11.1 Å². The van der Waals surface area contributed by atoms with Crippen LogP contribution in [0.2, 0.25) is 0 Å². The van der Waals surface area contributed by atoms with Gasteiger partial charge in [0.05, 0.1) is 12.8 Å². The molecular weight excluding hydrogens is 276 g/mol. The van der Waals surface area contributed by atoms with Crippen LogP contribution >= 0.6 is 0 Å². The lowest BCUT2D eigenvalue weighted by Crippen LogP contribution is -2.28. The zero-order valence-corrected chi connectivity index (χ0v) is 13.8. The third kappa shape index (κ3) is 2.31. The van der Waals surface area contributed by atoms with Gasteiger partial charge in [-0.25, -0.2) is 0 Å². The molecule has 22 heavy (non-hydrogen) atoms. The van der Waals surface area contributed by atoms with Crippen molar-refractivity contribution >= 4 is 0 Å². The molecule has 1 unspecified atom stereocenters. The van der Waals surface area contributed by atoms with Crippen LogP contribution in [0.4, 0.5) is 0 Å². The van der Waals surface area contributed by atoms with Crippen molar-refractivity contribution in [2.24, 2.45) is 5.92 Å². The first-order chi connectivity index (χ1) is 10.5. The minimum Gasteiger partial charge on any atom is -0.497 e. The molecule has 0 bridgehead atoms. The van der Waals surface area contributed by atoms with Gasteiger partial charge in [0.1, 0.15) is 11.4 Å². The van der Waals surface area contributed by atoms with Gasteiger partial charge in [0, 0.05) is 12.7 Å². The van der Waals surface area contributed by atoms with E-state index in [2.05, 4.69) is 25.9 Å². The molecule has 1 aromatic carbocycles. The van der Waals surface area contributed by atoms with Crippen molar-refractivity contribution < 1.29 is 9.84 Å². The molecule has 1 aliphatic carbocycles. The van der Waals surface area contributed by atoms with Crippen LogP contribution < -0.4 is 4.74 Å². The van der Waals surface area contributed by atoms with E-state index in [9.17, 15) is 5.11 Å². The standard InChI is InChI=1S/C18H24N2O2/c1-12(2)11-20-17(6-8-19-20)18(21)7-5-15-13(3)9-14(22-4)10-16(15)18/h6,8-10,12,21H,5,7,11H2,1-4H3. The first kappa shape index (κ1) is 15.1. The number of methoxy groups -OCH3 is 1. The van der Waals surface area contributed by atoms with Crippen molar-refractivity contribution in [3.63, 3.8) is 0 Å². The van der Waals surface area contributed by atoms with Crippen LogP contribution in [0.3, 0.4) is 0 Å². The zero-order valence-electron chi connectivity index (χ0n) is 13.8. The first-order valence-electron chi connectivity index (χ1n) is 7.88. The minimum atomic E-state index is -0.972. The summed E-state index contributed by atoms with van der Waals surface area (Å²) in [6.07, 6.45) is 3.36. The fourth-order valence-electron chi connectivity index (χ4n) is 3.48. The predicted molar refractivity (Wildman–Crippen MR) is 86.1 cm³/mol. The normalized spacial score (nSPS) is 20.5. The number of benzene rings is 1. The molecule has 3 rings (SSSR count). The summed E-state index contributed by atoms with van der Waals surface area (Å²) >= 11 is 0. The average Bonchev–Trinajstić information content (AvgIpc) is 3.05. The third-order valence-corrected chi connectivity index (χ3v) is 4.54. The quantitative estimate of drug-likeness (QED) is 0.944. The van der Waals surface area contributed by atoms with E-state index in [4.69, 9.17) is 4.74 Å². The van der Waals surface area contributed by atoms with Gasteiger partial charge < -0.3 is 9.84 Å². The molecule has 0 spiro atoms. The summed E-state index contributed by atoms with van der Waals surface area (Å²) in [5.41, 5.74) is 3.29. The van der Waals surface area contributed by atoms with Crippen molar-refractivity contribution in [2.45, 2.75) is 45.8 Å². The highest BCUT2D eigenvalue weighted by molar-refractivity contribution is 5.51. The van der Waals surface area contributed by atoms with E-state index < -0.39 is 5.60 Å². The number of rotatable bonds is 4. The summed E-state index contributed by atoms with van der Waals surface area (Å²) in [4.78, 5) is 0. The van der Waals surface area contributed by atoms with Crippen LogP contribution in [-0.4, -0.2) is 22.0 Å². The Morgan fingerprint density at radius 1 is 1.41 bits per heavy atom. The summed E-state index contributed by atoms with van der Waals surface area (Å²) in [7, 11) is 1.66. The van der Waals surface area contributed by atoms with E-state index in [1.54, 1.807) is 13.3 Å². The number of fused-ring (bicyclic) bond motifs is 1. The molecule has 1 heterocycles. The molecule has 4 nitrogen and oxygen atoms in total. The van der Waals surface area contributed by atoms with Gasteiger partial charge in [0.15, 0.2) is 0 Å². The van der Waals surface area contributed by atoms with Crippen molar-refractivity contribution in [1.82, 2.24) is 9.78 Å². The second-order valence-corrected chi connectivity index (χ2v) is 6.62. The molecule has 1 N–H and O–H groups in total. The first-order valence-corrected chi connectivity index (χ1v) is 7.88. The van der Waals surface area contributed by atoms with Crippen molar-refractivity contribution in [2.75, 3.05) is 7.11 Å². The maximum Gasteiger partial charge on any atom is 0.132 e. The van der Waals surface area contributed by atoms with E-state index in [-0.39, 0.29) is 0 Å². The number of hydrogen-bond donors (Lipinski definition) is 1. The van der Waals surface area contributed by atoms with Crippen LogP contribution in [0.25, 0.3) is 0 Å². The fourth-order valence-corrected chi connectivity index (χ4v) is 3.48. The Kier molecular flexibility index (Phi) is 3.73. The van der Waals surface area contributed by atoms with Gasteiger partial charge in [-0.15, -0.1) is 0 Å². The highest BCUT2D eigenvalue weighted by Crippen LogP contribution is 2.44. The monoisotopic (exact) mass is 300 g/mol. The minimum absolute atomic E-state index is 0.482. The molecule has 0 amide bonds. The second-order valence-electron chi connectivity index (χ2n) is 6.62. The van der Waals surface area contributed by atoms with Gasteiger partial charge in [0.25, 0.3) is 0 Å².